The van der Waals surface area contributed by atoms with Crippen molar-refractivity contribution >= 4 is 5.78 Å². The van der Waals surface area contributed by atoms with Gasteiger partial charge in [0, 0.05) is 12.2 Å². The van der Waals surface area contributed by atoms with Crippen LogP contribution >= 0.6 is 0 Å². The molecular formula is C15H22O3. The molecule has 0 N–H and O–H groups in total. The van der Waals surface area contributed by atoms with Crippen LogP contribution in [0.3, 0.4) is 0 Å². The van der Waals surface area contributed by atoms with Crippen molar-refractivity contribution in [2.75, 3.05) is 26.4 Å². The van der Waals surface area contributed by atoms with E-state index >= 15 is 0 Å². The Morgan fingerprint density at radius 2 is 1.83 bits per heavy atom. The predicted octanol–water partition coefficient (Wildman–Crippen LogP) is 2.93. The normalized spacial score (nSPS) is 10.6. The van der Waals surface area contributed by atoms with E-state index in [1.54, 1.807) is 0 Å². The zero-order chi connectivity index (χ0) is 13.4. The average Bonchev–Trinajstić information content (AvgIpc) is 2.36. The van der Waals surface area contributed by atoms with Gasteiger partial charge >= 0.3 is 0 Å². The highest BCUT2D eigenvalue weighted by Gasteiger charge is 2.09. The largest absolute Gasteiger partial charge is 0.379 e. The molecule has 0 aliphatic rings. The predicted molar refractivity (Wildman–Crippen MR) is 72.2 cm³/mol. The average molecular weight is 250 g/mol. The van der Waals surface area contributed by atoms with Gasteiger partial charge in [-0.1, -0.05) is 24.6 Å². The van der Waals surface area contributed by atoms with Crippen molar-refractivity contribution in [1.82, 2.24) is 0 Å². The molecule has 0 atom stereocenters. The Balaban J connectivity index is 2.34. The van der Waals surface area contributed by atoms with Crippen LogP contribution in [0.4, 0.5) is 0 Å². The molecule has 0 unspecified atom stereocenters. The summed E-state index contributed by atoms with van der Waals surface area (Å²) in [7, 11) is 0. The van der Waals surface area contributed by atoms with Crippen molar-refractivity contribution in [1.29, 1.82) is 0 Å². The highest BCUT2D eigenvalue weighted by Crippen LogP contribution is 2.11. The summed E-state index contributed by atoms with van der Waals surface area (Å²) in [5, 5.41) is 0. The molecule has 0 bridgehead atoms. The lowest BCUT2D eigenvalue weighted by Crippen LogP contribution is -2.14. The lowest BCUT2D eigenvalue weighted by atomic mass is 10.0. The maximum Gasteiger partial charge on any atom is 0.188 e. The van der Waals surface area contributed by atoms with Gasteiger partial charge in [0.1, 0.15) is 6.61 Å². The van der Waals surface area contributed by atoms with Crippen LogP contribution in [0.25, 0.3) is 0 Å². The maximum atomic E-state index is 11.9. The summed E-state index contributed by atoms with van der Waals surface area (Å²) in [6.45, 7) is 7.87. The van der Waals surface area contributed by atoms with Crippen LogP contribution in [0.15, 0.2) is 18.2 Å². The van der Waals surface area contributed by atoms with Crippen molar-refractivity contribution in [3.63, 3.8) is 0 Å². The van der Waals surface area contributed by atoms with Crippen molar-refractivity contribution in [3.8, 4) is 0 Å². The summed E-state index contributed by atoms with van der Waals surface area (Å²) in [5.74, 6) is 0.0340. The number of Topliss-reactive ketones (excluding diaryl/α,β-unsaturated/α-hetero) is 1. The van der Waals surface area contributed by atoms with Crippen molar-refractivity contribution < 1.29 is 14.3 Å². The number of ether oxygens (including phenoxy) is 2. The SMILES string of the molecule is CCCOCCOCC(=O)c1cc(C)ccc1C. The van der Waals surface area contributed by atoms with E-state index in [0.717, 1.165) is 29.7 Å². The number of ketones is 1. The van der Waals surface area contributed by atoms with E-state index in [0.29, 0.717) is 13.2 Å². The highest BCUT2D eigenvalue weighted by molar-refractivity contribution is 5.98. The second-order valence-corrected chi connectivity index (χ2v) is 4.41. The Kier molecular flexibility index (Phi) is 6.61. The molecule has 0 radical (unpaired) electrons. The monoisotopic (exact) mass is 250 g/mol. The van der Waals surface area contributed by atoms with E-state index in [1.807, 2.05) is 32.0 Å². The lowest BCUT2D eigenvalue weighted by molar-refractivity contribution is 0.0441. The third-order valence-corrected chi connectivity index (χ3v) is 2.65. The number of rotatable bonds is 8. The lowest BCUT2D eigenvalue weighted by Gasteiger charge is -2.07. The van der Waals surface area contributed by atoms with Gasteiger partial charge in [0.2, 0.25) is 0 Å². The molecule has 1 aromatic carbocycles. The molecule has 0 aliphatic heterocycles. The molecule has 1 rings (SSSR count). The zero-order valence-electron chi connectivity index (χ0n) is 11.5. The first-order valence-electron chi connectivity index (χ1n) is 6.41. The molecule has 0 aromatic heterocycles. The van der Waals surface area contributed by atoms with Gasteiger partial charge in [-0.05, 0) is 31.9 Å². The fourth-order valence-electron chi connectivity index (χ4n) is 1.64. The molecule has 0 amide bonds. The Hall–Kier alpha value is -1.19. The number of carbonyl (C=O) groups excluding carboxylic acids is 1. The Morgan fingerprint density at radius 1 is 1.11 bits per heavy atom. The van der Waals surface area contributed by atoms with Crippen LogP contribution in [-0.2, 0) is 9.47 Å². The topological polar surface area (TPSA) is 35.5 Å². The molecular weight excluding hydrogens is 228 g/mol. The number of hydrogen-bond acceptors (Lipinski definition) is 3. The zero-order valence-corrected chi connectivity index (χ0v) is 11.5. The molecule has 3 nitrogen and oxygen atoms in total. The first-order valence-corrected chi connectivity index (χ1v) is 6.41. The summed E-state index contributed by atoms with van der Waals surface area (Å²) < 4.78 is 10.6. The van der Waals surface area contributed by atoms with Crippen LogP contribution in [-0.4, -0.2) is 32.2 Å². The van der Waals surface area contributed by atoms with Crippen LogP contribution in [0.5, 0.6) is 0 Å². The molecule has 0 saturated heterocycles. The van der Waals surface area contributed by atoms with Crippen molar-refractivity contribution in [2.24, 2.45) is 0 Å². The van der Waals surface area contributed by atoms with Gasteiger partial charge in [-0.2, -0.15) is 0 Å². The van der Waals surface area contributed by atoms with Gasteiger partial charge in [0.15, 0.2) is 5.78 Å². The van der Waals surface area contributed by atoms with E-state index in [9.17, 15) is 4.79 Å². The van der Waals surface area contributed by atoms with E-state index < -0.39 is 0 Å². The third-order valence-electron chi connectivity index (χ3n) is 2.65. The third kappa shape index (κ3) is 4.98. The molecule has 0 aliphatic carbocycles. The molecule has 18 heavy (non-hydrogen) atoms. The molecule has 0 heterocycles. The second-order valence-electron chi connectivity index (χ2n) is 4.41. The van der Waals surface area contributed by atoms with E-state index in [1.165, 1.54) is 0 Å². The maximum absolute atomic E-state index is 11.9. The van der Waals surface area contributed by atoms with Gasteiger partial charge in [-0.3, -0.25) is 4.79 Å². The van der Waals surface area contributed by atoms with Gasteiger partial charge in [-0.15, -0.1) is 0 Å². The summed E-state index contributed by atoms with van der Waals surface area (Å²) in [6, 6.07) is 5.88. The molecule has 0 saturated carbocycles. The highest BCUT2D eigenvalue weighted by atomic mass is 16.5. The van der Waals surface area contributed by atoms with E-state index in [-0.39, 0.29) is 12.4 Å². The molecule has 0 spiro atoms. The van der Waals surface area contributed by atoms with Crippen LogP contribution < -0.4 is 0 Å². The van der Waals surface area contributed by atoms with Gasteiger partial charge in [-0.25, -0.2) is 0 Å². The first-order chi connectivity index (χ1) is 8.65. The Labute approximate surface area is 109 Å². The number of aryl methyl sites for hydroxylation is 2. The molecule has 100 valence electrons. The van der Waals surface area contributed by atoms with Crippen LogP contribution in [0.1, 0.15) is 34.8 Å². The smallest absolute Gasteiger partial charge is 0.188 e. The first kappa shape index (κ1) is 14.9. The minimum atomic E-state index is 0.0340. The Morgan fingerprint density at radius 3 is 2.56 bits per heavy atom. The Bertz CT molecular complexity index is 385. The fraction of sp³-hybridized carbons (Fsp3) is 0.533. The van der Waals surface area contributed by atoms with Gasteiger partial charge in [0.05, 0.1) is 13.2 Å². The second kappa shape index (κ2) is 8.01. The van der Waals surface area contributed by atoms with Gasteiger partial charge in [0.25, 0.3) is 0 Å². The van der Waals surface area contributed by atoms with Crippen LogP contribution in [0.2, 0.25) is 0 Å². The summed E-state index contributed by atoms with van der Waals surface area (Å²) in [6.07, 6.45) is 1.00. The van der Waals surface area contributed by atoms with E-state index in [2.05, 4.69) is 6.92 Å². The molecule has 3 heteroatoms. The summed E-state index contributed by atoms with van der Waals surface area (Å²) >= 11 is 0. The quantitative estimate of drug-likeness (QED) is 0.525. The minimum Gasteiger partial charge on any atom is -0.379 e. The summed E-state index contributed by atoms with van der Waals surface area (Å²) in [5.41, 5.74) is 2.84. The fourth-order valence-corrected chi connectivity index (χ4v) is 1.64. The molecule has 1 aromatic rings. The minimum absolute atomic E-state index is 0.0340. The van der Waals surface area contributed by atoms with Crippen molar-refractivity contribution in [2.45, 2.75) is 27.2 Å². The standard InChI is InChI=1S/C15H22O3/c1-4-7-17-8-9-18-11-15(16)14-10-12(2)5-6-13(14)3/h5-6,10H,4,7-9,11H2,1-3H3. The molecule has 0 fully saturated rings. The van der Waals surface area contributed by atoms with Crippen LogP contribution in [0, 0.1) is 13.8 Å². The summed E-state index contributed by atoms with van der Waals surface area (Å²) in [4.78, 5) is 11.9. The number of carbonyl (C=O) groups is 1. The number of hydrogen-bond donors (Lipinski definition) is 0. The van der Waals surface area contributed by atoms with Crippen molar-refractivity contribution in [3.05, 3.63) is 34.9 Å². The number of benzene rings is 1. The van der Waals surface area contributed by atoms with Gasteiger partial charge < -0.3 is 9.47 Å². The van der Waals surface area contributed by atoms with E-state index in [4.69, 9.17) is 9.47 Å².